The smallest absolute Gasteiger partial charge is 0.310 e. The van der Waals surface area contributed by atoms with Crippen LogP contribution in [0.1, 0.15) is 42.4 Å². The van der Waals surface area contributed by atoms with E-state index in [1.807, 2.05) is 0 Å². The van der Waals surface area contributed by atoms with E-state index in [2.05, 4.69) is 19.1 Å². The number of hydrogen-bond donors (Lipinski definition) is 1. The van der Waals surface area contributed by atoms with Crippen LogP contribution in [-0.2, 0) is 17.6 Å². The molecule has 0 aliphatic heterocycles. The fourth-order valence-electron chi connectivity index (χ4n) is 4.02. The van der Waals surface area contributed by atoms with E-state index in [0.717, 1.165) is 32.1 Å². The molecule has 1 heterocycles. The first-order chi connectivity index (χ1) is 8.64. The second-order valence-electron chi connectivity index (χ2n) is 5.94. The van der Waals surface area contributed by atoms with Gasteiger partial charge < -0.3 is 5.11 Å². The molecule has 3 unspecified atom stereocenters. The highest BCUT2D eigenvalue weighted by Gasteiger charge is 2.55. The molecule has 18 heavy (non-hydrogen) atoms. The average Bonchev–Trinajstić information content (AvgIpc) is 3.03. The number of rotatable bonds is 4. The molecule has 1 aromatic heterocycles. The molecule has 1 aromatic rings. The molecule has 0 amide bonds. The highest BCUT2D eigenvalue weighted by atomic mass is 32.1. The van der Waals surface area contributed by atoms with Crippen molar-refractivity contribution >= 4 is 17.3 Å². The molecule has 1 N–H and O–H groups in total. The topological polar surface area (TPSA) is 37.3 Å². The molecule has 98 valence electrons. The van der Waals surface area contributed by atoms with Gasteiger partial charge in [0, 0.05) is 9.75 Å². The van der Waals surface area contributed by atoms with Crippen LogP contribution in [0, 0.1) is 17.3 Å². The average molecular weight is 264 g/mol. The van der Waals surface area contributed by atoms with Crippen LogP contribution in [0.5, 0.6) is 0 Å². The molecule has 2 aliphatic carbocycles. The SMILES string of the molecule is CCc1ccc(CC2(C(=O)O)CC3CCC2C3)s1. The van der Waals surface area contributed by atoms with Crippen molar-refractivity contribution in [3.05, 3.63) is 21.9 Å². The number of carbonyl (C=O) groups is 1. The molecule has 0 spiro atoms. The van der Waals surface area contributed by atoms with Crippen LogP contribution in [0.2, 0.25) is 0 Å². The standard InChI is InChI=1S/C15H20O2S/c1-2-12-5-6-13(18-12)9-15(14(16)17)8-10-3-4-11(15)7-10/h5-6,10-11H,2-4,7-9H2,1H3,(H,16,17). The summed E-state index contributed by atoms with van der Waals surface area (Å²) in [6.45, 7) is 2.15. The van der Waals surface area contributed by atoms with Crippen molar-refractivity contribution in [1.82, 2.24) is 0 Å². The maximum absolute atomic E-state index is 11.8. The normalized spacial score (nSPS) is 34.1. The van der Waals surface area contributed by atoms with E-state index < -0.39 is 11.4 Å². The molecular weight excluding hydrogens is 244 g/mol. The minimum absolute atomic E-state index is 0.423. The van der Waals surface area contributed by atoms with Gasteiger partial charge in [-0.25, -0.2) is 0 Å². The largest absolute Gasteiger partial charge is 0.481 e. The summed E-state index contributed by atoms with van der Waals surface area (Å²) in [7, 11) is 0. The lowest BCUT2D eigenvalue weighted by atomic mass is 9.70. The first-order valence-electron chi connectivity index (χ1n) is 6.95. The third-order valence-corrected chi connectivity index (χ3v) is 6.19. The zero-order valence-corrected chi connectivity index (χ0v) is 11.6. The molecule has 0 saturated heterocycles. The lowest BCUT2D eigenvalue weighted by molar-refractivity contribution is -0.152. The highest BCUT2D eigenvalue weighted by Crippen LogP contribution is 2.57. The van der Waals surface area contributed by atoms with Gasteiger partial charge in [-0.3, -0.25) is 4.79 Å². The van der Waals surface area contributed by atoms with E-state index in [4.69, 9.17) is 0 Å². The molecule has 2 bridgehead atoms. The Morgan fingerprint density at radius 3 is 2.72 bits per heavy atom. The molecule has 2 fully saturated rings. The Morgan fingerprint density at radius 2 is 2.22 bits per heavy atom. The zero-order valence-electron chi connectivity index (χ0n) is 10.8. The summed E-state index contributed by atoms with van der Waals surface area (Å²) in [5.41, 5.74) is -0.446. The van der Waals surface area contributed by atoms with Crippen LogP contribution in [0.15, 0.2) is 12.1 Å². The number of aryl methyl sites for hydroxylation is 1. The lowest BCUT2D eigenvalue weighted by Crippen LogP contribution is -2.38. The van der Waals surface area contributed by atoms with Crippen molar-refractivity contribution in [3.8, 4) is 0 Å². The maximum Gasteiger partial charge on any atom is 0.310 e. The summed E-state index contributed by atoms with van der Waals surface area (Å²) in [5, 5.41) is 9.72. The van der Waals surface area contributed by atoms with E-state index in [-0.39, 0.29) is 0 Å². The Labute approximate surface area is 112 Å². The Balaban J connectivity index is 1.85. The number of carboxylic acids is 1. The van der Waals surface area contributed by atoms with Crippen LogP contribution in [-0.4, -0.2) is 11.1 Å². The summed E-state index contributed by atoms with van der Waals surface area (Å²) in [5.74, 6) is 0.546. The van der Waals surface area contributed by atoms with E-state index in [9.17, 15) is 9.90 Å². The van der Waals surface area contributed by atoms with Gasteiger partial charge in [0.2, 0.25) is 0 Å². The van der Waals surface area contributed by atoms with Crippen LogP contribution in [0.25, 0.3) is 0 Å². The number of thiophene rings is 1. The first-order valence-corrected chi connectivity index (χ1v) is 7.76. The van der Waals surface area contributed by atoms with Crippen molar-refractivity contribution < 1.29 is 9.90 Å². The van der Waals surface area contributed by atoms with Crippen LogP contribution < -0.4 is 0 Å². The molecule has 0 aromatic carbocycles. The molecular formula is C15H20O2S. The van der Waals surface area contributed by atoms with E-state index in [1.54, 1.807) is 11.3 Å². The fourth-order valence-corrected chi connectivity index (χ4v) is 5.10. The summed E-state index contributed by atoms with van der Waals surface area (Å²) >= 11 is 1.80. The van der Waals surface area contributed by atoms with Gasteiger partial charge in [-0.1, -0.05) is 13.3 Å². The molecule has 0 radical (unpaired) electrons. The van der Waals surface area contributed by atoms with Gasteiger partial charge in [-0.15, -0.1) is 11.3 Å². The predicted molar refractivity (Wildman–Crippen MR) is 72.9 cm³/mol. The van der Waals surface area contributed by atoms with Gasteiger partial charge in [0.1, 0.15) is 0 Å². The number of hydrogen-bond acceptors (Lipinski definition) is 2. The molecule has 2 nitrogen and oxygen atoms in total. The van der Waals surface area contributed by atoms with Crippen LogP contribution >= 0.6 is 11.3 Å². The second kappa shape index (κ2) is 4.37. The predicted octanol–water partition coefficient (Wildman–Crippen LogP) is 3.74. The van der Waals surface area contributed by atoms with Gasteiger partial charge in [0.05, 0.1) is 5.41 Å². The molecule has 2 aliphatic rings. The zero-order chi connectivity index (χ0) is 12.8. The van der Waals surface area contributed by atoms with Crippen molar-refractivity contribution in [2.24, 2.45) is 17.3 Å². The number of carboxylic acid groups (broad SMARTS) is 1. The van der Waals surface area contributed by atoms with Gasteiger partial charge in [0.15, 0.2) is 0 Å². The Hall–Kier alpha value is -0.830. The van der Waals surface area contributed by atoms with E-state index in [0.29, 0.717) is 11.8 Å². The lowest BCUT2D eigenvalue weighted by Gasteiger charge is -2.33. The Bertz CT molecular complexity index is 465. The Morgan fingerprint density at radius 1 is 1.44 bits per heavy atom. The molecule has 2 saturated carbocycles. The van der Waals surface area contributed by atoms with Gasteiger partial charge in [-0.05, 0) is 56.1 Å². The Kier molecular flexibility index (Phi) is 2.97. The fraction of sp³-hybridized carbons (Fsp3) is 0.667. The third-order valence-electron chi connectivity index (χ3n) is 4.96. The monoisotopic (exact) mass is 264 g/mol. The van der Waals surface area contributed by atoms with Gasteiger partial charge in [0.25, 0.3) is 0 Å². The maximum atomic E-state index is 11.8. The molecule has 3 atom stereocenters. The van der Waals surface area contributed by atoms with Crippen LogP contribution in [0.3, 0.4) is 0 Å². The van der Waals surface area contributed by atoms with Crippen molar-refractivity contribution in [2.75, 3.05) is 0 Å². The summed E-state index contributed by atoms with van der Waals surface area (Å²) < 4.78 is 0. The summed E-state index contributed by atoms with van der Waals surface area (Å²) in [6.07, 6.45) is 6.25. The minimum atomic E-state index is -0.554. The van der Waals surface area contributed by atoms with Crippen molar-refractivity contribution in [2.45, 2.75) is 45.4 Å². The van der Waals surface area contributed by atoms with Gasteiger partial charge in [-0.2, -0.15) is 0 Å². The van der Waals surface area contributed by atoms with E-state index in [1.165, 1.54) is 16.2 Å². The minimum Gasteiger partial charge on any atom is -0.481 e. The van der Waals surface area contributed by atoms with Crippen molar-refractivity contribution in [1.29, 1.82) is 0 Å². The first kappa shape index (κ1) is 12.2. The summed E-state index contributed by atoms with van der Waals surface area (Å²) in [6, 6.07) is 4.29. The number of fused-ring (bicyclic) bond motifs is 2. The molecule has 3 rings (SSSR count). The van der Waals surface area contributed by atoms with Crippen molar-refractivity contribution in [3.63, 3.8) is 0 Å². The quantitative estimate of drug-likeness (QED) is 0.899. The third kappa shape index (κ3) is 1.80. The number of aliphatic carboxylic acids is 1. The summed E-state index contributed by atoms with van der Waals surface area (Å²) in [4.78, 5) is 14.4. The highest BCUT2D eigenvalue weighted by molar-refractivity contribution is 7.12. The second-order valence-corrected chi connectivity index (χ2v) is 7.19. The van der Waals surface area contributed by atoms with E-state index >= 15 is 0 Å². The molecule has 3 heteroatoms. The van der Waals surface area contributed by atoms with Gasteiger partial charge >= 0.3 is 5.97 Å². The van der Waals surface area contributed by atoms with Crippen LogP contribution in [0.4, 0.5) is 0 Å².